The monoisotopic (exact) mass is 468 g/mol. The summed E-state index contributed by atoms with van der Waals surface area (Å²) >= 11 is 0. The lowest BCUT2D eigenvalue weighted by Gasteiger charge is -2.10. The van der Waals surface area contributed by atoms with Gasteiger partial charge in [0.25, 0.3) is 5.91 Å². The fraction of sp³-hybridized carbons (Fsp3) is 0.148. The van der Waals surface area contributed by atoms with E-state index in [1.807, 2.05) is 42.5 Å². The van der Waals surface area contributed by atoms with Gasteiger partial charge in [-0.1, -0.05) is 24.3 Å². The van der Waals surface area contributed by atoms with Crippen molar-refractivity contribution >= 4 is 23.0 Å². The Labute approximate surface area is 202 Å². The Morgan fingerprint density at radius 2 is 1.83 bits per heavy atom. The largest absolute Gasteiger partial charge is 0.496 e. The molecule has 0 aliphatic carbocycles. The maximum absolute atomic E-state index is 12.8. The van der Waals surface area contributed by atoms with E-state index in [0.29, 0.717) is 22.7 Å². The average Bonchev–Trinajstić information content (AvgIpc) is 3.31. The molecule has 0 aliphatic rings. The van der Waals surface area contributed by atoms with Gasteiger partial charge in [-0.05, 0) is 35.9 Å². The summed E-state index contributed by atoms with van der Waals surface area (Å²) in [5.74, 6) is 1.41. The van der Waals surface area contributed by atoms with Crippen LogP contribution in [0.5, 0.6) is 17.2 Å². The van der Waals surface area contributed by atoms with Gasteiger partial charge >= 0.3 is 0 Å². The number of amides is 1. The molecule has 1 amide bonds. The van der Waals surface area contributed by atoms with Crippen LogP contribution in [-0.4, -0.2) is 37.2 Å². The lowest BCUT2D eigenvalue weighted by Crippen LogP contribution is -2.24. The minimum Gasteiger partial charge on any atom is -0.496 e. The number of carbonyl (C=O) groups is 1. The van der Waals surface area contributed by atoms with Gasteiger partial charge in [-0.3, -0.25) is 4.79 Å². The summed E-state index contributed by atoms with van der Waals surface area (Å²) in [6.45, 7) is 0.228. The maximum Gasteiger partial charge on any atom is 0.262 e. The van der Waals surface area contributed by atoms with Gasteiger partial charge in [0, 0.05) is 41.0 Å². The predicted molar refractivity (Wildman–Crippen MR) is 133 cm³/mol. The Bertz CT molecular complexity index is 1450. The highest BCUT2D eigenvalue weighted by Gasteiger charge is 2.14. The van der Waals surface area contributed by atoms with Crippen LogP contribution in [0.1, 0.15) is 11.1 Å². The normalized spacial score (nSPS) is 11.1. The van der Waals surface area contributed by atoms with E-state index in [4.69, 9.17) is 14.2 Å². The second-order valence-corrected chi connectivity index (χ2v) is 7.61. The van der Waals surface area contributed by atoms with E-state index in [2.05, 4.69) is 15.3 Å². The number of hydrogen-bond acceptors (Lipinski definition) is 6. The number of nitrogens with one attached hydrogen (secondary N) is 2. The van der Waals surface area contributed by atoms with Crippen LogP contribution in [0.4, 0.5) is 0 Å². The number of para-hydroxylation sites is 1. The molecule has 35 heavy (non-hydrogen) atoms. The maximum atomic E-state index is 12.8. The zero-order chi connectivity index (χ0) is 24.8. The standard InChI is InChI=1S/C27H24N4O4/c1-33-23-7-5-4-6-21(23)20-12-22-19(15-29-26(22)30-16-20)11-18(13-28)27(32)31-14-17-8-9-24(34-2)25(10-17)35-3/h4-12,15-16H,14H2,1-3H3,(H,29,30)(H,31,32)/b18-11+. The number of aromatic nitrogens is 2. The van der Waals surface area contributed by atoms with Crippen LogP contribution in [0, 0.1) is 11.3 Å². The van der Waals surface area contributed by atoms with Crippen molar-refractivity contribution in [1.29, 1.82) is 5.26 Å². The first kappa shape index (κ1) is 23.4. The number of fused-ring (bicyclic) bond motifs is 1. The molecular formula is C27H24N4O4. The molecule has 0 aliphatic heterocycles. The average molecular weight is 469 g/mol. The van der Waals surface area contributed by atoms with Crippen molar-refractivity contribution in [1.82, 2.24) is 15.3 Å². The smallest absolute Gasteiger partial charge is 0.262 e. The molecule has 2 aromatic carbocycles. The third-order valence-electron chi connectivity index (χ3n) is 5.55. The number of H-pyrrole nitrogens is 1. The molecule has 8 heteroatoms. The molecule has 4 rings (SSSR count). The molecule has 0 spiro atoms. The van der Waals surface area contributed by atoms with Crippen LogP contribution < -0.4 is 19.5 Å². The lowest BCUT2D eigenvalue weighted by molar-refractivity contribution is -0.117. The summed E-state index contributed by atoms with van der Waals surface area (Å²) < 4.78 is 16.0. The fourth-order valence-electron chi connectivity index (χ4n) is 3.75. The van der Waals surface area contributed by atoms with Crippen molar-refractivity contribution in [2.45, 2.75) is 6.54 Å². The fourth-order valence-corrected chi connectivity index (χ4v) is 3.75. The summed E-state index contributed by atoms with van der Waals surface area (Å²) in [4.78, 5) is 20.3. The van der Waals surface area contributed by atoms with Crippen molar-refractivity contribution in [2.75, 3.05) is 21.3 Å². The number of nitrogens with zero attached hydrogens (tertiary/aromatic N) is 2. The van der Waals surface area contributed by atoms with Crippen LogP contribution in [0.25, 0.3) is 28.2 Å². The van der Waals surface area contributed by atoms with Crippen LogP contribution in [0.2, 0.25) is 0 Å². The first-order chi connectivity index (χ1) is 17.1. The van der Waals surface area contributed by atoms with Crippen LogP contribution in [-0.2, 0) is 11.3 Å². The molecule has 0 fully saturated rings. The Kier molecular flexibility index (Phi) is 6.98. The molecule has 176 valence electrons. The van der Waals surface area contributed by atoms with Gasteiger partial charge in [0.1, 0.15) is 23.0 Å². The summed E-state index contributed by atoms with van der Waals surface area (Å²) in [5, 5.41) is 13.2. The summed E-state index contributed by atoms with van der Waals surface area (Å²) in [7, 11) is 4.73. The third-order valence-corrected chi connectivity index (χ3v) is 5.55. The second-order valence-electron chi connectivity index (χ2n) is 7.61. The summed E-state index contributed by atoms with van der Waals surface area (Å²) in [6, 6.07) is 17.0. The van der Waals surface area contributed by atoms with Crippen LogP contribution in [0.15, 0.2) is 66.5 Å². The van der Waals surface area contributed by atoms with E-state index >= 15 is 0 Å². The van der Waals surface area contributed by atoms with E-state index < -0.39 is 5.91 Å². The van der Waals surface area contributed by atoms with Gasteiger partial charge in [-0.15, -0.1) is 0 Å². The summed E-state index contributed by atoms with van der Waals surface area (Å²) in [5.41, 5.74) is 3.88. The van der Waals surface area contributed by atoms with E-state index in [9.17, 15) is 10.1 Å². The highest BCUT2D eigenvalue weighted by molar-refractivity contribution is 6.04. The van der Waals surface area contributed by atoms with E-state index in [1.54, 1.807) is 51.9 Å². The van der Waals surface area contributed by atoms with Crippen molar-refractivity contribution in [3.05, 3.63) is 77.6 Å². The van der Waals surface area contributed by atoms with Crippen LogP contribution >= 0.6 is 0 Å². The number of rotatable bonds is 8. The molecule has 0 saturated carbocycles. The van der Waals surface area contributed by atoms with Gasteiger partial charge in [0.05, 0.1) is 21.3 Å². The molecule has 4 aromatic rings. The van der Waals surface area contributed by atoms with Crippen molar-refractivity contribution in [2.24, 2.45) is 0 Å². The Balaban J connectivity index is 1.58. The second kappa shape index (κ2) is 10.4. The predicted octanol–water partition coefficient (Wildman–Crippen LogP) is 4.48. The number of aromatic amines is 1. The SMILES string of the molecule is COc1ccc(CNC(=O)/C(C#N)=C/c2c[nH]c3ncc(-c4ccccc4OC)cc23)cc1OC. The molecular weight excluding hydrogens is 444 g/mol. The third kappa shape index (κ3) is 4.94. The van der Waals surface area contributed by atoms with Gasteiger partial charge in [-0.2, -0.15) is 5.26 Å². The molecule has 2 N–H and O–H groups in total. The van der Waals surface area contributed by atoms with E-state index in [1.165, 1.54) is 0 Å². The number of nitriles is 1. The molecule has 0 atom stereocenters. The molecule has 2 heterocycles. The Morgan fingerprint density at radius 1 is 1.06 bits per heavy atom. The topological polar surface area (TPSA) is 109 Å². The zero-order valence-corrected chi connectivity index (χ0v) is 19.6. The van der Waals surface area contributed by atoms with Crippen LogP contribution in [0.3, 0.4) is 0 Å². The first-order valence-corrected chi connectivity index (χ1v) is 10.8. The van der Waals surface area contributed by atoms with E-state index in [0.717, 1.165) is 27.8 Å². The van der Waals surface area contributed by atoms with Crippen molar-refractivity contribution < 1.29 is 19.0 Å². The Hall–Kier alpha value is -4.77. The summed E-state index contributed by atoms with van der Waals surface area (Å²) in [6.07, 6.45) is 5.03. The lowest BCUT2D eigenvalue weighted by atomic mass is 10.0. The quantitative estimate of drug-likeness (QED) is 0.292. The number of ether oxygens (including phenoxy) is 3. The van der Waals surface area contributed by atoms with Crippen molar-refractivity contribution in [3.63, 3.8) is 0 Å². The number of hydrogen-bond donors (Lipinski definition) is 2. The molecule has 0 radical (unpaired) electrons. The van der Waals surface area contributed by atoms with E-state index in [-0.39, 0.29) is 12.1 Å². The Morgan fingerprint density at radius 3 is 2.57 bits per heavy atom. The molecule has 2 aromatic heterocycles. The van der Waals surface area contributed by atoms with Gasteiger partial charge < -0.3 is 24.5 Å². The number of pyridine rings is 1. The highest BCUT2D eigenvalue weighted by atomic mass is 16.5. The minimum absolute atomic E-state index is 0.0194. The molecule has 0 unspecified atom stereocenters. The molecule has 0 bridgehead atoms. The highest BCUT2D eigenvalue weighted by Crippen LogP contribution is 2.32. The first-order valence-electron chi connectivity index (χ1n) is 10.8. The zero-order valence-electron chi connectivity index (χ0n) is 19.6. The molecule has 8 nitrogen and oxygen atoms in total. The van der Waals surface area contributed by atoms with Gasteiger partial charge in [-0.25, -0.2) is 4.98 Å². The number of benzene rings is 2. The number of carbonyl (C=O) groups excluding carboxylic acids is 1. The van der Waals surface area contributed by atoms with Gasteiger partial charge in [0.15, 0.2) is 11.5 Å². The number of methoxy groups -OCH3 is 3. The van der Waals surface area contributed by atoms with Gasteiger partial charge in [0.2, 0.25) is 0 Å². The minimum atomic E-state index is -0.481. The van der Waals surface area contributed by atoms with Crippen molar-refractivity contribution in [3.8, 4) is 34.4 Å². The molecule has 0 saturated heterocycles.